The van der Waals surface area contributed by atoms with Crippen LogP contribution in [0.4, 0.5) is 0 Å². The van der Waals surface area contributed by atoms with Crippen molar-refractivity contribution >= 4 is 28.9 Å². The lowest BCUT2D eigenvalue weighted by Crippen LogP contribution is -2.07. The second-order valence-corrected chi connectivity index (χ2v) is 5.53. The van der Waals surface area contributed by atoms with Crippen LogP contribution >= 0.6 is 23.1 Å². The zero-order valence-electron chi connectivity index (χ0n) is 7.45. The zero-order chi connectivity index (χ0) is 9.26. The summed E-state index contributed by atoms with van der Waals surface area (Å²) >= 11 is 3.28. The van der Waals surface area contributed by atoms with E-state index in [1.54, 1.807) is 23.1 Å². The molecule has 0 spiro atoms. The molecular weight excluding hydrogens is 202 g/mol. The maximum absolute atomic E-state index is 11.3. The van der Waals surface area contributed by atoms with Crippen molar-refractivity contribution in [3.8, 4) is 0 Å². The van der Waals surface area contributed by atoms with Crippen LogP contribution in [0, 0.1) is 6.92 Å². The summed E-state index contributed by atoms with van der Waals surface area (Å²) in [7, 11) is 0. The number of thioether (sulfide) groups is 1. The lowest BCUT2D eigenvalue weighted by molar-refractivity contribution is -0.116. The van der Waals surface area contributed by atoms with E-state index < -0.39 is 0 Å². The van der Waals surface area contributed by atoms with Crippen molar-refractivity contribution in [1.29, 1.82) is 0 Å². The molecule has 0 saturated heterocycles. The van der Waals surface area contributed by atoms with Gasteiger partial charge in [-0.1, -0.05) is 11.8 Å². The summed E-state index contributed by atoms with van der Waals surface area (Å²) in [6, 6.07) is 0. The molecule has 1 heterocycles. The molecule has 1 fully saturated rings. The minimum Gasteiger partial charge on any atom is -0.298 e. The van der Waals surface area contributed by atoms with Gasteiger partial charge >= 0.3 is 0 Å². The number of Topliss-reactive ketones (excluding diaryl/α,β-unsaturated/α-hetero) is 1. The Hall–Kier alpha value is -0.350. The molecule has 13 heavy (non-hydrogen) atoms. The van der Waals surface area contributed by atoms with Crippen LogP contribution in [0.3, 0.4) is 0 Å². The highest BCUT2D eigenvalue weighted by Gasteiger charge is 2.25. The first-order valence-corrected chi connectivity index (χ1v) is 6.13. The van der Waals surface area contributed by atoms with Crippen molar-refractivity contribution < 1.29 is 4.79 Å². The van der Waals surface area contributed by atoms with Crippen LogP contribution in [-0.4, -0.2) is 16.0 Å². The average Bonchev–Trinajstić information content (AvgIpc) is 2.64. The standard InChI is InChI=1S/C9H11NOS2/c1-6-5-12-9(10-6)13-8-4-2-3-7(8)11/h5,8H,2-4H2,1H3. The third-order valence-corrected chi connectivity index (χ3v) is 4.49. The molecule has 1 unspecified atom stereocenters. The molecule has 0 bridgehead atoms. The lowest BCUT2D eigenvalue weighted by Gasteiger charge is -2.02. The zero-order valence-corrected chi connectivity index (χ0v) is 9.08. The van der Waals surface area contributed by atoms with E-state index in [4.69, 9.17) is 0 Å². The molecule has 0 amide bonds. The fraction of sp³-hybridized carbons (Fsp3) is 0.556. The van der Waals surface area contributed by atoms with Crippen LogP contribution < -0.4 is 0 Å². The number of aromatic nitrogens is 1. The van der Waals surface area contributed by atoms with Gasteiger partial charge in [0, 0.05) is 17.5 Å². The molecule has 1 aromatic heterocycles. The van der Waals surface area contributed by atoms with E-state index in [1.165, 1.54) is 0 Å². The molecule has 0 aliphatic heterocycles. The number of carbonyl (C=O) groups excluding carboxylic acids is 1. The Kier molecular flexibility index (Phi) is 2.69. The summed E-state index contributed by atoms with van der Waals surface area (Å²) in [6.07, 6.45) is 2.85. The second-order valence-electron chi connectivity index (χ2n) is 3.22. The quantitative estimate of drug-likeness (QED) is 0.756. The Labute approximate surface area is 85.8 Å². The summed E-state index contributed by atoms with van der Waals surface area (Å²) in [6.45, 7) is 1.98. The minimum absolute atomic E-state index is 0.186. The monoisotopic (exact) mass is 213 g/mol. The van der Waals surface area contributed by atoms with E-state index in [-0.39, 0.29) is 5.25 Å². The van der Waals surface area contributed by atoms with Gasteiger partial charge in [0.2, 0.25) is 0 Å². The highest BCUT2D eigenvalue weighted by atomic mass is 32.2. The molecule has 0 aromatic carbocycles. The number of ketones is 1. The van der Waals surface area contributed by atoms with Crippen molar-refractivity contribution in [2.45, 2.75) is 35.8 Å². The Morgan fingerprint density at radius 3 is 3.08 bits per heavy atom. The van der Waals surface area contributed by atoms with Crippen LogP contribution in [0.25, 0.3) is 0 Å². The first-order chi connectivity index (χ1) is 6.25. The highest BCUT2D eigenvalue weighted by molar-refractivity contribution is 8.02. The van der Waals surface area contributed by atoms with Crippen LogP contribution in [0.1, 0.15) is 25.0 Å². The van der Waals surface area contributed by atoms with Gasteiger partial charge in [-0.05, 0) is 19.8 Å². The molecule has 70 valence electrons. The van der Waals surface area contributed by atoms with Gasteiger partial charge in [0.25, 0.3) is 0 Å². The van der Waals surface area contributed by atoms with Crippen LogP contribution in [0.5, 0.6) is 0 Å². The molecule has 1 atom stereocenters. The third-order valence-electron chi connectivity index (χ3n) is 2.09. The van der Waals surface area contributed by atoms with Crippen molar-refractivity contribution in [2.75, 3.05) is 0 Å². The molecule has 2 nitrogen and oxygen atoms in total. The maximum atomic E-state index is 11.3. The SMILES string of the molecule is Cc1csc(SC2CCCC2=O)n1. The van der Waals surface area contributed by atoms with Crippen LogP contribution in [-0.2, 0) is 4.79 Å². The molecule has 0 radical (unpaired) electrons. The van der Waals surface area contributed by atoms with Gasteiger partial charge in [-0.25, -0.2) is 4.98 Å². The molecule has 1 saturated carbocycles. The van der Waals surface area contributed by atoms with Gasteiger partial charge in [0.1, 0.15) is 5.78 Å². The topological polar surface area (TPSA) is 30.0 Å². The fourth-order valence-electron chi connectivity index (χ4n) is 1.42. The molecule has 1 aliphatic rings. The van der Waals surface area contributed by atoms with Crippen molar-refractivity contribution in [3.63, 3.8) is 0 Å². The Balaban J connectivity index is 2.01. The van der Waals surface area contributed by atoms with Gasteiger partial charge in [-0.3, -0.25) is 4.79 Å². The average molecular weight is 213 g/mol. The number of thiazole rings is 1. The Morgan fingerprint density at radius 1 is 1.69 bits per heavy atom. The summed E-state index contributed by atoms with van der Waals surface area (Å²) < 4.78 is 1.04. The van der Waals surface area contributed by atoms with Crippen molar-refractivity contribution in [1.82, 2.24) is 4.98 Å². The Bertz CT molecular complexity index is 321. The van der Waals surface area contributed by atoms with Crippen molar-refractivity contribution in [2.24, 2.45) is 0 Å². The second kappa shape index (κ2) is 3.80. The predicted molar refractivity (Wildman–Crippen MR) is 55.4 cm³/mol. The molecule has 1 aliphatic carbocycles. The first-order valence-electron chi connectivity index (χ1n) is 4.37. The van der Waals surface area contributed by atoms with E-state index in [9.17, 15) is 4.79 Å². The van der Waals surface area contributed by atoms with Gasteiger partial charge < -0.3 is 0 Å². The number of carbonyl (C=O) groups is 1. The van der Waals surface area contributed by atoms with E-state index in [2.05, 4.69) is 4.98 Å². The molecule has 1 aromatic rings. The Morgan fingerprint density at radius 2 is 2.54 bits per heavy atom. The number of nitrogens with zero attached hydrogens (tertiary/aromatic N) is 1. The number of hydrogen-bond donors (Lipinski definition) is 0. The van der Waals surface area contributed by atoms with E-state index in [0.717, 1.165) is 29.3 Å². The molecule has 2 rings (SSSR count). The summed E-state index contributed by atoms with van der Waals surface area (Å²) in [4.78, 5) is 15.7. The summed E-state index contributed by atoms with van der Waals surface area (Å²) in [5.74, 6) is 0.401. The van der Waals surface area contributed by atoms with E-state index in [0.29, 0.717) is 5.78 Å². The number of rotatable bonds is 2. The minimum atomic E-state index is 0.186. The normalized spacial score (nSPS) is 22.5. The lowest BCUT2D eigenvalue weighted by atomic mass is 10.3. The number of aryl methyl sites for hydroxylation is 1. The molecule has 4 heteroatoms. The van der Waals surface area contributed by atoms with Gasteiger partial charge in [0.15, 0.2) is 4.34 Å². The summed E-state index contributed by atoms with van der Waals surface area (Å²) in [5, 5.41) is 2.22. The van der Waals surface area contributed by atoms with Gasteiger partial charge in [-0.15, -0.1) is 11.3 Å². The smallest absolute Gasteiger partial charge is 0.150 e. The van der Waals surface area contributed by atoms with Crippen LogP contribution in [0.15, 0.2) is 9.72 Å². The maximum Gasteiger partial charge on any atom is 0.150 e. The highest BCUT2D eigenvalue weighted by Crippen LogP contribution is 2.33. The molecule has 0 N–H and O–H groups in total. The van der Waals surface area contributed by atoms with E-state index in [1.807, 2.05) is 12.3 Å². The number of hydrogen-bond acceptors (Lipinski definition) is 4. The summed E-state index contributed by atoms with van der Waals surface area (Å²) in [5.41, 5.74) is 1.05. The van der Waals surface area contributed by atoms with Crippen LogP contribution in [0.2, 0.25) is 0 Å². The largest absolute Gasteiger partial charge is 0.298 e. The third kappa shape index (κ3) is 2.11. The van der Waals surface area contributed by atoms with Gasteiger partial charge in [-0.2, -0.15) is 0 Å². The predicted octanol–water partition coefficient (Wildman–Crippen LogP) is 2.67. The van der Waals surface area contributed by atoms with Gasteiger partial charge in [0.05, 0.1) is 5.25 Å². The van der Waals surface area contributed by atoms with E-state index >= 15 is 0 Å². The fourth-order valence-corrected chi connectivity index (χ4v) is 3.63. The molecular formula is C9H11NOS2. The van der Waals surface area contributed by atoms with Crippen molar-refractivity contribution in [3.05, 3.63) is 11.1 Å². The first kappa shape index (κ1) is 9.21.